The quantitative estimate of drug-likeness (QED) is 0.845. The van der Waals surface area contributed by atoms with Gasteiger partial charge in [0.05, 0.1) is 5.69 Å². The molecule has 0 aromatic carbocycles. The molecule has 1 saturated heterocycles. The topological polar surface area (TPSA) is 70.2 Å². The molecule has 0 aliphatic carbocycles. The van der Waals surface area contributed by atoms with Gasteiger partial charge in [0.25, 0.3) is 0 Å². The largest absolute Gasteiger partial charge is 0.353 e. The first kappa shape index (κ1) is 18.6. The maximum absolute atomic E-state index is 12.4. The van der Waals surface area contributed by atoms with Gasteiger partial charge in [0.15, 0.2) is 5.82 Å². The number of urea groups is 1. The van der Waals surface area contributed by atoms with Gasteiger partial charge in [0.2, 0.25) is 0 Å². The molecule has 26 heavy (non-hydrogen) atoms. The van der Waals surface area contributed by atoms with Gasteiger partial charge < -0.3 is 15.5 Å². The maximum atomic E-state index is 12.4. The lowest BCUT2D eigenvalue weighted by Crippen LogP contribution is -2.52. The monoisotopic (exact) mass is 373 g/mol. The third kappa shape index (κ3) is 4.72. The van der Waals surface area contributed by atoms with E-state index >= 15 is 0 Å². The molecule has 1 unspecified atom stereocenters. The molecule has 2 amide bonds. The normalized spacial score (nSPS) is 17.8. The zero-order chi connectivity index (χ0) is 18.6. The molecular weight excluding hydrogens is 346 g/mol. The summed E-state index contributed by atoms with van der Waals surface area (Å²) in [6, 6.07) is 8.15. The summed E-state index contributed by atoms with van der Waals surface area (Å²) >= 11 is 1.72. The molecular formula is C19H27N5OS. The SMILES string of the molecule is Cc1ccc(N2CCCC(NC(=O)NCC(C)(C)c3cccs3)C2)nn1. The average molecular weight is 374 g/mol. The molecule has 3 rings (SSSR count). The van der Waals surface area contributed by atoms with Crippen molar-refractivity contribution >= 4 is 23.2 Å². The van der Waals surface area contributed by atoms with Gasteiger partial charge in [0.1, 0.15) is 0 Å². The predicted molar refractivity (Wildman–Crippen MR) is 106 cm³/mol. The Morgan fingerprint density at radius 2 is 2.19 bits per heavy atom. The van der Waals surface area contributed by atoms with E-state index in [2.05, 4.69) is 51.0 Å². The molecule has 7 heteroatoms. The van der Waals surface area contributed by atoms with E-state index < -0.39 is 0 Å². The van der Waals surface area contributed by atoms with Crippen LogP contribution >= 0.6 is 11.3 Å². The number of aryl methyl sites for hydroxylation is 1. The van der Waals surface area contributed by atoms with Gasteiger partial charge in [-0.05, 0) is 43.3 Å². The van der Waals surface area contributed by atoms with E-state index in [0.717, 1.165) is 37.4 Å². The molecule has 1 aliphatic rings. The molecule has 3 heterocycles. The predicted octanol–water partition coefficient (Wildman–Crippen LogP) is 3.09. The van der Waals surface area contributed by atoms with Crippen LogP contribution in [0.5, 0.6) is 0 Å². The lowest BCUT2D eigenvalue weighted by atomic mass is 9.91. The first-order chi connectivity index (χ1) is 12.4. The van der Waals surface area contributed by atoms with Gasteiger partial charge in [-0.3, -0.25) is 0 Å². The van der Waals surface area contributed by atoms with Crippen molar-refractivity contribution in [3.63, 3.8) is 0 Å². The van der Waals surface area contributed by atoms with E-state index in [4.69, 9.17) is 0 Å². The number of thiophene rings is 1. The van der Waals surface area contributed by atoms with Gasteiger partial charge >= 0.3 is 6.03 Å². The van der Waals surface area contributed by atoms with Gasteiger partial charge in [-0.1, -0.05) is 19.9 Å². The number of hydrogen-bond acceptors (Lipinski definition) is 5. The summed E-state index contributed by atoms with van der Waals surface area (Å²) in [4.78, 5) is 15.8. The molecule has 1 atom stereocenters. The smallest absolute Gasteiger partial charge is 0.315 e. The Labute approximate surface area is 159 Å². The second-order valence-corrected chi connectivity index (χ2v) is 8.45. The fraction of sp³-hybridized carbons (Fsp3) is 0.526. The Kier molecular flexibility index (Phi) is 5.76. The minimum absolute atomic E-state index is 0.0679. The Morgan fingerprint density at radius 1 is 1.35 bits per heavy atom. The van der Waals surface area contributed by atoms with E-state index in [1.807, 2.05) is 25.1 Å². The van der Waals surface area contributed by atoms with Crippen molar-refractivity contribution in [1.82, 2.24) is 20.8 Å². The van der Waals surface area contributed by atoms with Crippen LogP contribution in [0.2, 0.25) is 0 Å². The number of hydrogen-bond donors (Lipinski definition) is 2. The van der Waals surface area contributed by atoms with Gasteiger partial charge in [-0.15, -0.1) is 16.4 Å². The summed E-state index contributed by atoms with van der Waals surface area (Å²) in [5, 5.41) is 16.6. The number of anilines is 1. The van der Waals surface area contributed by atoms with Crippen molar-refractivity contribution in [3.05, 3.63) is 40.2 Å². The maximum Gasteiger partial charge on any atom is 0.315 e. The summed E-state index contributed by atoms with van der Waals surface area (Å²) in [7, 11) is 0. The zero-order valence-corrected chi connectivity index (χ0v) is 16.5. The Balaban J connectivity index is 1.50. The molecule has 2 N–H and O–H groups in total. The van der Waals surface area contributed by atoms with Crippen LogP contribution in [0.3, 0.4) is 0 Å². The van der Waals surface area contributed by atoms with E-state index in [9.17, 15) is 4.79 Å². The number of amides is 2. The average Bonchev–Trinajstić information content (AvgIpc) is 3.17. The molecule has 0 saturated carbocycles. The number of nitrogens with zero attached hydrogens (tertiary/aromatic N) is 3. The van der Waals surface area contributed by atoms with Crippen LogP contribution in [0.25, 0.3) is 0 Å². The van der Waals surface area contributed by atoms with Crippen molar-refractivity contribution in [2.75, 3.05) is 24.5 Å². The van der Waals surface area contributed by atoms with Crippen LogP contribution < -0.4 is 15.5 Å². The zero-order valence-electron chi connectivity index (χ0n) is 15.7. The summed E-state index contributed by atoms with van der Waals surface area (Å²) < 4.78 is 0. The van der Waals surface area contributed by atoms with Gasteiger partial charge in [0, 0.05) is 36.0 Å². The second kappa shape index (κ2) is 8.03. The molecule has 1 aliphatic heterocycles. The third-order valence-corrected chi connectivity index (χ3v) is 5.98. The fourth-order valence-electron chi connectivity index (χ4n) is 3.15. The Bertz CT molecular complexity index is 714. The minimum atomic E-state index is -0.100. The van der Waals surface area contributed by atoms with E-state index in [0.29, 0.717) is 6.54 Å². The highest BCUT2D eigenvalue weighted by Crippen LogP contribution is 2.26. The highest BCUT2D eigenvalue weighted by Gasteiger charge is 2.25. The first-order valence-corrected chi connectivity index (χ1v) is 9.96. The van der Waals surface area contributed by atoms with Crippen molar-refractivity contribution in [1.29, 1.82) is 0 Å². The Morgan fingerprint density at radius 3 is 2.88 bits per heavy atom. The number of aromatic nitrogens is 2. The summed E-state index contributed by atoms with van der Waals surface area (Å²) in [5.41, 5.74) is 0.842. The van der Waals surface area contributed by atoms with E-state index in [1.54, 1.807) is 11.3 Å². The summed E-state index contributed by atoms with van der Waals surface area (Å²) in [5.74, 6) is 0.876. The summed E-state index contributed by atoms with van der Waals surface area (Å²) in [6.07, 6.45) is 2.01. The minimum Gasteiger partial charge on any atom is -0.353 e. The van der Waals surface area contributed by atoms with Crippen molar-refractivity contribution in [2.24, 2.45) is 0 Å². The van der Waals surface area contributed by atoms with Crippen molar-refractivity contribution in [3.8, 4) is 0 Å². The Hall–Kier alpha value is -2.15. The molecule has 0 spiro atoms. The number of piperidine rings is 1. The highest BCUT2D eigenvalue weighted by molar-refractivity contribution is 7.10. The van der Waals surface area contributed by atoms with Crippen LogP contribution in [0.4, 0.5) is 10.6 Å². The van der Waals surface area contributed by atoms with Gasteiger partial charge in [-0.2, -0.15) is 5.10 Å². The molecule has 6 nitrogen and oxygen atoms in total. The van der Waals surface area contributed by atoms with Crippen LogP contribution in [0.15, 0.2) is 29.6 Å². The number of rotatable bonds is 5. The molecule has 0 radical (unpaired) electrons. The first-order valence-electron chi connectivity index (χ1n) is 9.08. The van der Waals surface area contributed by atoms with Crippen LogP contribution in [-0.4, -0.2) is 41.9 Å². The fourth-order valence-corrected chi connectivity index (χ4v) is 4.00. The molecule has 2 aromatic heterocycles. The van der Waals surface area contributed by atoms with Gasteiger partial charge in [-0.25, -0.2) is 4.79 Å². The number of nitrogens with one attached hydrogen (secondary N) is 2. The highest BCUT2D eigenvalue weighted by atomic mass is 32.1. The third-order valence-electron chi connectivity index (χ3n) is 4.74. The van der Waals surface area contributed by atoms with Crippen molar-refractivity contribution in [2.45, 2.75) is 45.1 Å². The van der Waals surface area contributed by atoms with Crippen LogP contribution in [0.1, 0.15) is 37.3 Å². The lowest BCUT2D eigenvalue weighted by molar-refractivity contribution is 0.232. The molecule has 2 aromatic rings. The van der Waals surface area contributed by atoms with E-state index in [-0.39, 0.29) is 17.5 Å². The molecule has 140 valence electrons. The summed E-state index contributed by atoms with van der Waals surface area (Å²) in [6.45, 7) is 8.55. The van der Waals surface area contributed by atoms with E-state index in [1.165, 1.54) is 4.88 Å². The molecule has 0 bridgehead atoms. The molecule has 1 fully saturated rings. The van der Waals surface area contributed by atoms with Crippen LogP contribution in [0, 0.1) is 6.92 Å². The second-order valence-electron chi connectivity index (χ2n) is 7.51. The lowest BCUT2D eigenvalue weighted by Gasteiger charge is -2.34. The number of carbonyl (C=O) groups excluding carboxylic acids is 1. The van der Waals surface area contributed by atoms with Crippen molar-refractivity contribution < 1.29 is 4.79 Å². The number of carbonyl (C=O) groups is 1. The standard InChI is InChI=1S/C19H27N5OS/c1-14-8-9-17(23-22-14)24-10-4-6-15(12-24)21-18(25)20-13-19(2,3)16-7-5-11-26-16/h5,7-9,11,15H,4,6,10,12-13H2,1-3H3,(H2,20,21,25). The van der Waals surface area contributed by atoms with Crippen LogP contribution in [-0.2, 0) is 5.41 Å².